The third kappa shape index (κ3) is 3.95. The predicted octanol–water partition coefficient (Wildman–Crippen LogP) is 3.31. The standard InChI is InChI=1S/C20H26N4O2/c1-3-4-12-21-19(25)17-16-7-5-6-13-24(16)18(23-17)20(26)22-15-10-8-14(2)9-11-15/h8-11H,3-7,12-13H2,1-2H3,(H,21,25)(H,22,26). The van der Waals surface area contributed by atoms with Crippen LogP contribution >= 0.6 is 0 Å². The van der Waals surface area contributed by atoms with Crippen LogP contribution in [0.3, 0.4) is 0 Å². The van der Waals surface area contributed by atoms with Crippen LogP contribution < -0.4 is 10.6 Å². The Hall–Kier alpha value is -2.63. The molecule has 0 saturated heterocycles. The van der Waals surface area contributed by atoms with E-state index < -0.39 is 0 Å². The van der Waals surface area contributed by atoms with Gasteiger partial charge in [-0.05, 0) is 44.7 Å². The molecule has 0 spiro atoms. The highest BCUT2D eigenvalue weighted by Gasteiger charge is 2.27. The van der Waals surface area contributed by atoms with Gasteiger partial charge in [0.2, 0.25) is 0 Å². The number of hydrogen-bond donors (Lipinski definition) is 2. The van der Waals surface area contributed by atoms with Crippen molar-refractivity contribution in [2.24, 2.45) is 0 Å². The van der Waals surface area contributed by atoms with Crippen molar-refractivity contribution in [2.75, 3.05) is 11.9 Å². The molecule has 2 aromatic rings. The third-order valence-electron chi connectivity index (χ3n) is 4.66. The number of rotatable bonds is 6. The van der Waals surface area contributed by atoms with E-state index in [0.29, 0.717) is 18.1 Å². The Kier molecular flexibility index (Phi) is 5.71. The zero-order valence-electron chi connectivity index (χ0n) is 15.5. The molecule has 2 heterocycles. The number of nitrogens with zero attached hydrogens (tertiary/aromatic N) is 2. The number of carbonyl (C=O) groups is 2. The van der Waals surface area contributed by atoms with Crippen molar-refractivity contribution in [3.8, 4) is 0 Å². The van der Waals surface area contributed by atoms with E-state index in [4.69, 9.17) is 0 Å². The quantitative estimate of drug-likeness (QED) is 0.782. The summed E-state index contributed by atoms with van der Waals surface area (Å²) in [5, 5.41) is 5.80. The summed E-state index contributed by atoms with van der Waals surface area (Å²) in [6.07, 6.45) is 4.74. The van der Waals surface area contributed by atoms with Gasteiger partial charge in [-0.25, -0.2) is 4.98 Å². The molecule has 2 N–H and O–H groups in total. The molecule has 1 aromatic carbocycles. The fraction of sp³-hybridized carbons (Fsp3) is 0.450. The minimum Gasteiger partial charge on any atom is -0.351 e. The zero-order valence-corrected chi connectivity index (χ0v) is 15.5. The van der Waals surface area contributed by atoms with E-state index in [1.54, 1.807) is 0 Å². The minimum atomic E-state index is -0.274. The monoisotopic (exact) mass is 354 g/mol. The third-order valence-corrected chi connectivity index (χ3v) is 4.66. The van der Waals surface area contributed by atoms with Gasteiger partial charge in [-0.2, -0.15) is 0 Å². The topological polar surface area (TPSA) is 76.0 Å². The second-order valence-corrected chi connectivity index (χ2v) is 6.77. The van der Waals surface area contributed by atoms with Gasteiger partial charge in [0.05, 0.1) is 5.69 Å². The molecular weight excluding hydrogens is 328 g/mol. The fourth-order valence-electron chi connectivity index (χ4n) is 3.18. The number of anilines is 1. The molecule has 26 heavy (non-hydrogen) atoms. The van der Waals surface area contributed by atoms with Gasteiger partial charge in [0.25, 0.3) is 11.8 Å². The number of fused-ring (bicyclic) bond motifs is 1. The summed E-state index contributed by atoms with van der Waals surface area (Å²) in [4.78, 5) is 29.7. The number of aromatic nitrogens is 2. The average Bonchev–Trinajstić information content (AvgIpc) is 3.04. The first-order valence-electron chi connectivity index (χ1n) is 9.35. The van der Waals surface area contributed by atoms with E-state index in [0.717, 1.165) is 55.6 Å². The molecule has 3 rings (SSSR count). The Labute approximate surface area is 154 Å². The average molecular weight is 354 g/mol. The second-order valence-electron chi connectivity index (χ2n) is 6.77. The molecule has 0 bridgehead atoms. The lowest BCUT2D eigenvalue weighted by Crippen LogP contribution is -2.26. The van der Waals surface area contributed by atoms with Crippen molar-refractivity contribution in [3.63, 3.8) is 0 Å². The van der Waals surface area contributed by atoms with Crippen LogP contribution in [0, 0.1) is 6.92 Å². The molecule has 0 radical (unpaired) electrons. The number of carbonyl (C=O) groups excluding carboxylic acids is 2. The number of nitrogens with one attached hydrogen (secondary N) is 2. The lowest BCUT2D eigenvalue weighted by atomic mass is 10.1. The lowest BCUT2D eigenvalue weighted by Gasteiger charge is -2.17. The fourth-order valence-corrected chi connectivity index (χ4v) is 3.18. The molecule has 1 aromatic heterocycles. The highest BCUT2D eigenvalue weighted by atomic mass is 16.2. The number of unbranched alkanes of at least 4 members (excludes halogenated alkanes) is 1. The first kappa shape index (κ1) is 18.2. The molecule has 0 unspecified atom stereocenters. The minimum absolute atomic E-state index is 0.182. The molecule has 1 aliphatic heterocycles. The summed E-state index contributed by atoms with van der Waals surface area (Å²) in [6, 6.07) is 7.63. The van der Waals surface area contributed by atoms with Crippen molar-refractivity contribution >= 4 is 17.5 Å². The summed E-state index contributed by atoms with van der Waals surface area (Å²) >= 11 is 0. The van der Waals surface area contributed by atoms with Crippen LogP contribution in [0.4, 0.5) is 5.69 Å². The molecule has 6 nitrogen and oxygen atoms in total. The van der Waals surface area contributed by atoms with Crippen LogP contribution in [0.2, 0.25) is 0 Å². The van der Waals surface area contributed by atoms with E-state index >= 15 is 0 Å². The van der Waals surface area contributed by atoms with Crippen LogP contribution in [-0.4, -0.2) is 27.9 Å². The molecule has 2 amide bonds. The van der Waals surface area contributed by atoms with E-state index in [2.05, 4.69) is 22.5 Å². The maximum Gasteiger partial charge on any atom is 0.291 e. The Balaban J connectivity index is 1.83. The van der Waals surface area contributed by atoms with E-state index in [9.17, 15) is 9.59 Å². The summed E-state index contributed by atoms with van der Waals surface area (Å²) in [5.41, 5.74) is 3.13. The molecule has 1 aliphatic rings. The molecule has 138 valence electrons. The smallest absolute Gasteiger partial charge is 0.291 e. The van der Waals surface area contributed by atoms with Crippen molar-refractivity contribution in [2.45, 2.75) is 52.5 Å². The van der Waals surface area contributed by atoms with Gasteiger partial charge < -0.3 is 15.2 Å². The van der Waals surface area contributed by atoms with Crippen molar-refractivity contribution in [1.29, 1.82) is 0 Å². The number of amides is 2. The van der Waals surface area contributed by atoms with E-state index in [1.807, 2.05) is 35.8 Å². The lowest BCUT2D eigenvalue weighted by molar-refractivity contribution is 0.0947. The van der Waals surface area contributed by atoms with Crippen LogP contribution in [-0.2, 0) is 13.0 Å². The van der Waals surface area contributed by atoms with Gasteiger partial charge >= 0.3 is 0 Å². The van der Waals surface area contributed by atoms with Gasteiger partial charge in [0.15, 0.2) is 5.82 Å². The first-order valence-corrected chi connectivity index (χ1v) is 9.35. The number of aryl methyl sites for hydroxylation is 1. The maximum absolute atomic E-state index is 12.7. The Morgan fingerprint density at radius 3 is 2.65 bits per heavy atom. The highest BCUT2D eigenvalue weighted by molar-refractivity contribution is 6.03. The van der Waals surface area contributed by atoms with Crippen molar-refractivity contribution in [1.82, 2.24) is 14.9 Å². The SMILES string of the molecule is CCCCNC(=O)c1nc(C(=O)Nc2ccc(C)cc2)n2c1CCCC2. The normalized spacial score (nSPS) is 13.2. The van der Waals surface area contributed by atoms with Gasteiger partial charge in [-0.15, -0.1) is 0 Å². The summed E-state index contributed by atoms with van der Waals surface area (Å²) < 4.78 is 1.90. The predicted molar refractivity (Wildman–Crippen MR) is 102 cm³/mol. The van der Waals surface area contributed by atoms with Crippen LogP contribution in [0.5, 0.6) is 0 Å². The van der Waals surface area contributed by atoms with Gasteiger partial charge in [0.1, 0.15) is 5.69 Å². The van der Waals surface area contributed by atoms with Gasteiger partial charge in [-0.1, -0.05) is 31.0 Å². The van der Waals surface area contributed by atoms with Gasteiger partial charge in [-0.3, -0.25) is 9.59 Å². The Bertz CT molecular complexity index is 793. The number of benzene rings is 1. The zero-order chi connectivity index (χ0) is 18.5. The Morgan fingerprint density at radius 2 is 1.92 bits per heavy atom. The highest BCUT2D eigenvalue weighted by Crippen LogP contribution is 2.22. The Morgan fingerprint density at radius 1 is 1.15 bits per heavy atom. The molecule has 0 saturated carbocycles. The number of hydrogen-bond acceptors (Lipinski definition) is 3. The van der Waals surface area contributed by atoms with Crippen LogP contribution in [0.15, 0.2) is 24.3 Å². The van der Waals surface area contributed by atoms with E-state index in [1.165, 1.54) is 0 Å². The molecule has 0 fully saturated rings. The summed E-state index contributed by atoms with van der Waals surface area (Å²) in [6.45, 7) is 5.44. The van der Waals surface area contributed by atoms with Crippen molar-refractivity contribution < 1.29 is 9.59 Å². The molecule has 0 aliphatic carbocycles. The number of imidazole rings is 1. The summed E-state index contributed by atoms with van der Waals surface area (Å²) in [7, 11) is 0. The maximum atomic E-state index is 12.7. The van der Waals surface area contributed by atoms with Gasteiger partial charge in [0, 0.05) is 18.8 Å². The molecular formula is C20H26N4O2. The largest absolute Gasteiger partial charge is 0.351 e. The molecule has 6 heteroatoms. The molecule has 0 atom stereocenters. The first-order chi connectivity index (χ1) is 12.6. The second kappa shape index (κ2) is 8.17. The van der Waals surface area contributed by atoms with Crippen LogP contribution in [0.1, 0.15) is 65.0 Å². The summed E-state index contributed by atoms with van der Waals surface area (Å²) in [5.74, 6) is -0.135. The van der Waals surface area contributed by atoms with E-state index in [-0.39, 0.29) is 11.8 Å². The van der Waals surface area contributed by atoms with Crippen molar-refractivity contribution in [3.05, 3.63) is 47.0 Å². The van der Waals surface area contributed by atoms with Crippen LogP contribution in [0.25, 0.3) is 0 Å².